The first kappa shape index (κ1) is 21.3. The number of non-ortho nitro benzene ring substituents is 1. The number of hydrogen-bond donors (Lipinski definition) is 2. The third-order valence-corrected chi connectivity index (χ3v) is 4.28. The van der Waals surface area contributed by atoms with Crippen LogP contribution in [-0.2, 0) is 4.79 Å². The van der Waals surface area contributed by atoms with Gasteiger partial charge in [-0.15, -0.1) is 0 Å². The first-order valence-electron chi connectivity index (χ1n) is 9.25. The molecule has 0 aliphatic rings. The summed E-state index contributed by atoms with van der Waals surface area (Å²) in [4.78, 5) is 36.0. The van der Waals surface area contributed by atoms with Crippen molar-refractivity contribution >= 4 is 29.3 Å². The molecule has 0 radical (unpaired) electrons. The molecule has 3 aromatic carbocycles. The first-order valence-corrected chi connectivity index (χ1v) is 9.25. The monoisotopic (exact) mass is 417 g/mol. The van der Waals surface area contributed by atoms with Crippen molar-refractivity contribution < 1.29 is 19.2 Å². The maximum atomic E-state index is 13.0. The number of anilines is 1. The summed E-state index contributed by atoms with van der Waals surface area (Å²) in [7, 11) is 1.34. The van der Waals surface area contributed by atoms with Crippen LogP contribution in [0.1, 0.15) is 15.9 Å². The molecule has 0 unspecified atom stereocenters. The van der Waals surface area contributed by atoms with E-state index in [-0.39, 0.29) is 22.8 Å². The summed E-state index contributed by atoms with van der Waals surface area (Å²) >= 11 is 0. The highest BCUT2D eigenvalue weighted by Crippen LogP contribution is 2.29. The molecule has 31 heavy (non-hydrogen) atoms. The number of hydrogen-bond acceptors (Lipinski definition) is 5. The number of nitro groups is 1. The molecule has 0 spiro atoms. The standard InChI is InChI=1S/C23H19N3O5/c1-31-21-15-18(26(29)30)12-13-19(21)24-23(28)20(14-16-8-4-2-5-9-16)25-22(27)17-10-6-3-7-11-17/h2-15H,1H3,(H,24,28)(H,25,27)/b20-14+. The topological polar surface area (TPSA) is 111 Å². The highest BCUT2D eigenvalue weighted by Gasteiger charge is 2.18. The Labute approximate surface area is 178 Å². The Balaban J connectivity index is 1.90. The first-order chi connectivity index (χ1) is 15.0. The second-order valence-electron chi connectivity index (χ2n) is 6.38. The second kappa shape index (κ2) is 9.84. The zero-order chi connectivity index (χ0) is 22.2. The minimum Gasteiger partial charge on any atom is -0.494 e. The summed E-state index contributed by atoms with van der Waals surface area (Å²) < 4.78 is 5.16. The number of rotatable bonds is 7. The Morgan fingerprint density at radius 1 is 0.968 bits per heavy atom. The van der Waals surface area contributed by atoms with Crippen molar-refractivity contribution in [2.45, 2.75) is 0 Å². The molecule has 3 rings (SSSR count). The molecule has 2 N–H and O–H groups in total. The van der Waals surface area contributed by atoms with Gasteiger partial charge >= 0.3 is 0 Å². The van der Waals surface area contributed by atoms with E-state index in [9.17, 15) is 19.7 Å². The van der Waals surface area contributed by atoms with Crippen LogP contribution in [0.4, 0.5) is 11.4 Å². The summed E-state index contributed by atoms with van der Waals surface area (Å²) in [6, 6.07) is 21.3. The molecule has 0 bridgehead atoms. The summed E-state index contributed by atoms with van der Waals surface area (Å²) in [5.41, 5.74) is 1.15. The maximum Gasteiger partial charge on any atom is 0.273 e. The van der Waals surface area contributed by atoms with E-state index in [2.05, 4.69) is 10.6 Å². The lowest BCUT2D eigenvalue weighted by atomic mass is 10.1. The molecule has 8 heteroatoms. The molecule has 8 nitrogen and oxygen atoms in total. The average molecular weight is 417 g/mol. The van der Waals surface area contributed by atoms with Gasteiger partial charge in [0.25, 0.3) is 17.5 Å². The maximum absolute atomic E-state index is 13.0. The van der Waals surface area contributed by atoms with Gasteiger partial charge in [-0.25, -0.2) is 0 Å². The van der Waals surface area contributed by atoms with Crippen molar-refractivity contribution in [3.8, 4) is 5.75 Å². The summed E-state index contributed by atoms with van der Waals surface area (Å²) in [6.07, 6.45) is 1.54. The van der Waals surface area contributed by atoms with Crippen LogP contribution in [-0.4, -0.2) is 23.8 Å². The van der Waals surface area contributed by atoms with Crippen LogP contribution >= 0.6 is 0 Å². The molecule has 0 aliphatic heterocycles. The number of nitro benzene ring substituents is 1. The zero-order valence-corrected chi connectivity index (χ0v) is 16.6. The van der Waals surface area contributed by atoms with Gasteiger partial charge in [0.05, 0.1) is 23.8 Å². The van der Waals surface area contributed by atoms with Gasteiger partial charge in [0.2, 0.25) is 0 Å². The van der Waals surface area contributed by atoms with Gasteiger partial charge in [0, 0.05) is 11.6 Å². The normalized spacial score (nSPS) is 10.8. The highest BCUT2D eigenvalue weighted by atomic mass is 16.6. The number of ether oxygens (including phenoxy) is 1. The Morgan fingerprint density at radius 2 is 1.61 bits per heavy atom. The molecule has 2 amide bonds. The van der Waals surface area contributed by atoms with E-state index in [1.54, 1.807) is 54.6 Å². The number of benzene rings is 3. The van der Waals surface area contributed by atoms with Crippen molar-refractivity contribution in [3.63, 3.8) is 0 Å². The van der Waals surface area contributed by atoms with Crippen LogP contribution in [0.2, 0.25) is 0 Å². The molecule has 3 aromatic rings. The highest BCUT2D eigenvalue weighted by molar-refractivity contribution is 6.11. The van der Waals surface area contributed by atoms with E-state index in [1.807, 2.05) is 6.07 Å². The molecular weight excluding hydrogens is 398 g/mol. The fraction of sp³-hybridized carbons (Fsp3) is 0.0435. The van der Waals surface area contributed by atoms with Crippen molar-refractivity contribution in [3.05, 3.63) is 106 Å². The quantitative estimate of drug-likeness (QED) is 0.343. The van der Waals surface area contributed by atoms with Gasteiger partial charge in [-0.1, -0.05) is 48.5 Å². The predicted octanol–water partition coefficient (Wildman–Crippen LogP) is 4.01. The molecule has 156 valence electrons. The SMILES string of the molecule is COc1cc([N+](=O)[O-])ccc1NC(=O)/C(=C\c1ccccc1)NC(=O)c1ccccc1. The molecule has 0 fully saturated rings. The van der Waals surface area contributed by atoms with Gasteiger partial charge in [-0.2, -0.15) is 0 Å². The number of carbonyl (C=O) groups is 2. The van der Waals surface area contributed by atoms with Gasteiger partial charge in [-0.3, -0.25) is 19.7 Å². The van der Waals surface area contributed by atoms with Crippen LogP contribution in [0.15, 0.2) is 84.6 Å². The predicted molar refractivity (Wildman–Crippen MR) is 117 cm³/mol. The van der Waals surface area contributed by atoms with Crippen molar-refractivity contribution in [1.82, 2.24) is 5.32 Å². The lowest BCUT2D eigenvalue weighted by Gasteiger charge is -2.13. The van der Waals surface area contributed by atoms with E-state index >= 15 is 0 Å². The summed E-state index contributed by atoms with van der Waals surface area (Å²) in [6.45, 7) is 0. The minimum atomic E-state index is -0.611. The van der Waals surface area contributed by atoms with Gasteiger partial charge < -0.3 is 15.4 Å². The zero-order valence-electron chi connectivity index (χ0n) is 16.6. The van der Waals surface area contributed by atoms with Crippen LogP contribution < -0.4 is 15.4 Å². The smallest absolute Gasteiger partial charge is 0.273 e. The minimum absolute atomic E-state index is 0.000425. The van der Waals surface area contributed by atoms with E-state index < -0.39 is 16.7 Å². The molecule has 0 aromatic heterocycles. The van der Waals surface area contributed by atoms with Gasteiger partial charge in [0.1, 0.15) is 11.4 Å². The fourth-order valence-electron chi connectivity index (χ4n) is 2.74. The van der Waals surface area contributed by atoms with Crippen LogP contribution in [0.5, 0.6) is 5.75 Å². The lowest BCUT2D eigenvalue weighted by Crippen LogP contribution is -2.30. The Kier molecular flexibility index (Phi) is 6.74. The van der Waals surface area contributed by atoms with Crippen LogP contribution in [0, 0.1) is 10.1 Å². The van der Waals surface area contributed by atoms with Crippen molar-refractivity contribution in [1.29, 1.82) is 0 Å². The third-order valence-electron chi connectivity index (χ3n) is 4.28. The molecule has 0 saturated heterocycles. The van der Waals surface area contributed by atoms with Gasteiger partial charge in [-0.05, 0) is 29.8 Å². The van der Waals surface area contributed by atoms with E-state index in [4.69, 9.17) is 4.74 Å². The average Bonchev–Trinajstić information content (AvgIpc) is 2.79. The van der Waals surface area contributed by atoms with Crippen molar-refractivity contribution in [2.24, 2.45) is 0 Å². The Hall–Kier alpha value is -4.46. The molecule has 0 atom stereocenters. The Bertz CT molecular complexity index is 1130. The number of nitrogens with one attached hydrogen (secondary N) is 2. The summed E-state index contributed by atoms with van der Waals surface area (Å²) in [5, 5.41) is 16.2. The molecule has 0 heterocycles. The lowest BCUT2D eigenvalue weighted by molar-refractivity contribution is -0.384. The van der Waals surface area contributed by atoms with E-state index in [0.29, 0.717) is 11.1 Å². The number of methoxy groups -OCH3 is 1. The Morgan fingerprint density at radius 3 is 2.23 bits per heavy atom. The number of nitrogens with zero attached hydrogens (tertiary/aromatic N) is 1. The summed E-state index contributed by atoms with van der Waals surface area (Å²) in [5.74, 6) is -0.940. The third kappa shape index (κ3) is 5.54. The van der Waals surface area contributed by atoms with Crippen molar-refractivity contribution in [2.75, 3.05) is 12.4 Å². The largest absolute Gasteiger partial charge is 0.494 e. The number of amides is 2. The molecule has 0 aliphatic carbocycles. The molecular formula is C23H19N3O5. The fourth-order valence-corrected chi connectivity index (χ4v) is 2.74. The molecule has 0 saturated carbocycles. The second-order valence-corrected chi connectivity index (χ2v) is 6.38. The van der Waals surface area contributed by atoms with Crippen LogP contribution in [0.25, 0.3) is 6.08 Å². The van der Waals surface area contributed by atoms with Crippen LogP contribution in [0.3, 0.4) is 0 Å². The van der Waals surface area contributed by atoms with E-state index in [0.717, 1.165) is 0 Å². The number of carbonyl (C=O) groups excluding carboxylic acids is 2. The van der Waals surface area contributed by atoms with Gasteiger partial charge in [0.15, 0.2) is 0 Å². The van der Waals surface area contributed by atoms with E-state index in [1.165, 1.54) is 31.4 Å².